The smallest absolute Gasteiger partial charge is 0.422 e. The minimum atomic E-state index is -3.42. The standard InChI is InChI=1S/C10H15N2O5P/c1-15-10(13)8-6-4-5-7-9(8)11-12-18(14,16-2)17-3/h4-7,11H,1-3H3,(H,12,14). The molecule has 0 spiro atoms. The molecule has 0 bridgehead atoms. The van der Waals surface area contributed by atoms with Gasteiger partial charge in [-0.2, -0.15) is 0 Å². The fourth-order valence-corrected chi connectivity index (χ4v) is 1.76. The van der Waals surface area contributed by atoms with Crippen LogP contribution in [0.25, 0.3) is 0 Å². The zero-order valence-electron chi connectivity index (χ0n) is 10.3. The van der Waals surface area contributed by atoms with Gasteiger partial charge < -0.3 is 10.2 Å². The Kier molecular flexibility index (Phi) is 5.30. The van der Waals surface area contributed by atoms with Gasteiger partial charge in [-0.15, -0.1) is 5.20 Å². The van der Waals surface area contributed by atoms with Crippen molar-refractivity contribution in [2.75, 3.05) is 26.8 Å². The van der Waals surface area contributed by atoms with Crippen molar-refractivity contribution in [3.63, 3.8) is 0 Å². The molecule has 0 atom stereocenters. The van der Waals surface area contributed by atoms with Gasteiger partial charge in [-0.3, -0.25) is 9.05 Å². The van der Waals surface area contributed by atoms with Crippen LogP contribution >= 0.6 is 7.75 Å². The highest BCUT2D eigenvalue weighted by Crippen LogP contribution is 2.41. The van der Waals surface area contributed by atoms with E-state index >= 15 is 0 Å². The Bertz CT molecular complexity index is 457. The number of nitrogens with one attached hydrogen (secondary N) is 2. The molecule has 1 rings (SSSR count). The third-order valence-electron chi connectivity index (χ3n) is 2.14. The van der Waals surface area contributed by atoms with Gasteiger partial charge in [0.05, 0.1) is 18.4 Å². The van der Waals surface area contributed by atoms with Gasteiger partial charge in [0.25, 0.3) is 0 Å². The van der Waals surface area contributed by atoms with E-state index in [-0.39, 0.29) is 0 Å². The molecular weight excluding hydrogens is 259 g/mol. The highest BCUT2D eigenvalue weighted by molar-refractivity contribution is 7.51. The number of para-hydroxylation sites is 1. The summed E-state index contributed by atoms with van der Waals surface area (Å²) in [5.41, 5.74) is 3.31. The largest absolute Gasteiger partial charge is 0.465 e. The monoisotopic (exact) mass is 274 g/mol. The third kappa shape index (κ3) is 3.54. The van der Waals surface area contributed by atoms with Gasteiger partial charge in [-0.25, -0.2) is 9.36 Å². The summed E-state index contributed by atoms with van der Waals surface area (Å²) in [5, 5.41) is 2.38. The average Bonchev–Trinajstić information content (AvgIpc) is 2.44. The van der Waals surface area contributed by atoms with Crippen molar-refractivity contribution in [2.45, 2.75) is 0 Å². The summed E-state index contributed by atoms with van der Waals surface area (Å²) < 4.78 is 25.7. The van der Waals surface area contributed by atoms with E-state index in [0.29, 0.717) is 11.3 Å². The van der Waals surface area contributed by atoms with Crippen LogP contribution in [0.3, 0.4) is 0 Å². The van der Waals surface area contributed by atoms with Crippen molar-refractivity contribution in [1.82, 2.24) is 5.20 Å². The number of hydrogen-bond donors (Lipinski definition) is 2. The van der Waals surface area contributed by atoms with Gasteiger partial charge in [-0.1, -0.05) is 12.1 Å². The van der Waals surface area contributed by atoms with Gasteiger partial charge in [0.15, 0.2) is 0 Å². The molecule has 7 nitrogen and oxygen atoms in total. The summed E-state index contributed by atoms with van der Waals surface area (Å²) in [7, 11) is 0.344. The third-order valence-corrected chi connectivity index (χ3v) is 3.49. The fourth-order valence-electron chi connectivity index (χ4n) is 1.17. The average molecular weight is 274 g/mol. The van der Waals surface area contributed by atoms with Crippen LogP contribution in [0.5, 0.6) is 0 Å². The summed E-state index contributed by atoms with van der Waals surface area (Å²) in [6.45, 7) is 0. The van der Waals surface area contributed by atoms with Gasteiger partial charge in [-0.05, 0) is 12.1 Å². The predicted octanol–water partition coefficient (Wildman–Crippen LogP) is 1.79. The van der Waals surface area contributed by atoms with Gasteiger partial charge in [0.2, 0.25) is 0 Å². The van der Waals surface area contributed by atoms with Crippen LogP contribution in [0.2, 0.25) is 0 Å². The van der Waals surface area contributed by atoms with Crippen LogP contribution in [-0.2, 0) is 18.3 Å². The minimum absolute atomic E-state index is 0.297. The first-order valence-electron chi connectivity index (χ1n) is 4.98. The lowest BCUT2D eigenvalue weighted by atomic mass is 10.2. The van der Waals surface area contributed by atoms with E-state index in [2.05, 4.69) is 24.4 Å². The first kappa shape index (κ1) is 14.7. The molecule has 100 valence electrons. The lowest BCUT2D eigenvalue weighted by Gasteiger charge is -2.17. The first-order valence-corrected chi connectivity index (χ1v) is 6.52. The number of carbonyl (C=O) groups is 1. The molecule has 1 aromatic carbocycles. The number of esters is 1. The molecule has 18 heavy (non-hydrogen) atoms. The van der Waals surface area contributed by atoms with E-state index in [4.69, 9.17) is 0 Å². The highest BCUT2D eigenvalue weighted by Gasteiger charge is 2.21. The number of benzene rings is 1. The Balaban J connectivity index is 2.85. The van der Waals surface area contributed by atoms with Crippen LogP contribution < -0.4 is 10.6 Å². The fraction of sp³-hybridized carbons (Fsp3) is 0.300. The Morgan fingerprint density at radius 1 is 1.17 bits per heavy atom. The van der Waals surface area contributed by atoms with Crippen LogP contribution in [0.15, 0.2) is 24.3 Å². The molecule has 2 N–H and O–H groups in total. The number of methoxy groups -OCH3 is 1. The van der Waals surface area contributed by atoms with Gasteiger partial charge in [0, 0.05) is 14.2 Å². The van der Waals surface area contributed by atoms with Crippen molar-refractivity contribution in [3.8, 4) is 0 Å². The zero-order valence-corrected chi connectivity index (χ0v) is 11.2. The first-order chi connectivity index (χ1) is 8.56. The van der Waals surface area contributed by atoms with E-state index in [1.165, 1.54) is 21.3 Å². The maximum Gasteiger partial charge on any atom is 0.422 e. The quantitative estimate of drug-likeness (QED) is 0.464. The molecule has 0 fully saturated rings. The Morgan fingerprint density at radius 2 is 1.78 bits per heavy atom. The summed E-state index contributed by atoms with van der Waals surface area (Å²) in [5.74, 6) is -0.510. The highest BCUT2D eigenvalue weighted by atomic mass is 31.2. The second-order valence-corrected chi connectivity index (χ2v) is 5.09. The van der Waals surface area contributed by atoms with E-state index in [0.717, 1.165) is 0 Å². The molecule has 0 aromatic heterocycles. The molecule has 0 radical (unpaired) electrons. The van der Waals surface area contributed by atoms with Crippen LogP contribution in [-0.4, -0.2) is 27.3 Å². The van der Waals surface area contributed by atoms with E-state index in [1.54, 1.807) is 24.3 Å². The molecule has 0 aliphatic rings. The minimum Gasteiger partial charge on any atom is -0.465 e. The van der Waals surface area contributed by atoms with Crippen molar-refractivity contribution in [2.24, 2.45) is 0 Å². The number of carbonyl (C=O) groups excluding carboxylic acids is 1. The molecule has 0 aliphatic heterocycles. The molecule has 0 saturated carbocycles. The second-order valence-electron chi connectivity index (χ2n) is 3.14. The Labute approximate surface area is 105 Å². The van der Waals surface area contributed by atoms with Gasteiger partial charge in [0.1, 0.15) is 0 Å². The van der Waals surface area contributed by atoms with E-state index in [1.807, 2.05) is 0 Å². The van der Waals surface area contributed by atoms with Crippen LogP contribution in [0.4, 0.5) is 5.69 Å². The number of ether oxygens (including phenoxy) is 1. The molecule has 0 saturated heterocycles. The summed E-state index contributed by atoms with van der Waals surface area (Å²) in [6, 6.07) is 6.58. The van der Waals surface area contributed by atoms with E-state index < -0.39 is 13.7 Å². The predicted molar refractivity (Wildman–Crippen MR) is 66.2 cm³/mol. The number of hydrogen-bond acceptors (Lipinski definition) is 6. The molecular formula is C10H15N2O5P. The van der Waals surface area contributed by atoms with E-state index in [9.17, 15) is 9.36 Å². The van der Waals surface area contributed by atoms with Crippen molar-refractivity contribution in [1.29, 1.82) is 0 Å². The molecule has 0 aliphatic carbocycles. The molecule has 8 heteroatoms. The van der Waals surface area contributed by atoms with Gasteiger partial charge >= 0.3 is 13.7 Å². The topological polar surface area (TPSA) is 85.9 Å². The second kappa shape index (κ2) is 6.51. The molecule has 1 aromatic rings. The summed E-state index contributed by atoms with van der Waals surface area (Å²) in [6.07, 6.45) is 0. The van der Waals surface area contributed by atoms with Crippen LogP contribution in [0.1, 0.15) is 10.4 Å². The van der Waals surface area contributed by atoms with Crippen molar-refractivity contribution in [3.05, 3.63) is 29.8 Å². The lowest BCUT2D eigenvalue weighted by Crippen LogP contribution is -2.21. The summed E-state index contributed by atoms with van der Waals surface area (Å²) in [4.78, 5) is 11.5. The summed E-state index contributed by atoms with van der Waals surface area (Å²) >= 11 is 0. The maximum atomic E-state index is 11.7. The molecule has 0 heterocycles. The number of hydrazine groups is 1. The maximum absolute atomic E-state index is 11.7. The number of rotatable bonds is 6. The Hall–Kier alpha value is -1.40. The normalized spacial score (nSPS) is 11.1. The van der Waals surface area contributed by atoms with Crippen molar-refractivity contribution < 1.29 is 23.1 Å². The number of anilines is 1. The molecule has 0 unspecified atom stereocenters. The zero-order chi connectivity index (χ0) is 13.6. The van der Waals surface area contributed by atoms with Crippen LogP contribution in [0, 0.1) is 0 Å². The lowest BCUT2D eigenvalue weighted by molar-refractivity contribution is 0.0601. The van der Waals surface area contributed by atoms with Crippen molar-refractivity contribution >= 4 is 19.4 Å². The SMILES string of the molecule is COC(=O)c1ccccc1NNP(=O)(OC)OC. The Morgan fingerprint density at radius 3 is 2.33 bits per heavy atom. The molecule has 0 amide bonds.